The van der Waals surface area contributed by atoms with E-state index in [1.165, 1.54) is 0 Å². The third kappa shape index (κ3) is 23.7. The summed E-state index contributed by atoms with van der Waals surface area (Å²) >= 11 is 0. The molecule has 0 aromatic carbocycles. The minimum absolute atomic E-state index is 0.141. The lowest BCUT2D eigenvalue weighted by molar-refractivity contribution is -0.143. The van der Waals surface area contributed by atoms with Gasteiger partial charge in [0.1, 0.15) is 13.2 Å². The van der Waals surface area contributed by atoms with Gasteiger partial charge in [-0.3, -0.25) is 9.59 Å². The Morgan fingerprint density at radius 3 is 1.20 bits per heavy atom. The molecule has 0 aliphatic rings. The molecule has 40 heavy (non-hydrogen) atoms. The molecule has 0 saturated heterocycles. The van der Waals surface area contributed by atoms with Crippen LogP contribution >= 0.6 is 0 Å². The van der Waals surface area contributed by atoms with Gasteiger partial charge in [0, 0.05) is 65.4 Å². The Morgan fingerprint density at radius 1 is 0.525 bits per heavy atom. The molecule has 0 saturated carbocycles. The molecule has 0 bridgehead atoms. The molecule has 10 heteroatoms. The summed E-state index contributed by atoms with van der Waals surface area (Å²) in [5.41, 5.74) is 0. The first-order valence-electron chi connectivity index (χ1n) is 14.7. The maximum atomic E-state index is 12.1. The maximum absolute atomic E-state index is 12.1. The van der Waals surface area contributed by atoms with Crippen LogP contribution in [-0.2, 0) is 19.1 Å². The molecule has 0 aliphatic heterocycles. The van der Waals surface area contributed by atoms with Crippen LogP contribution < -0.4 is 0 Å². The molecule has 230 valence electrons. The monoisotopic (exact) mass is 567 g/mol. The predicted molar refractivity (Wildman–Crippen MR) is 156 cm³/mol. The third-order valence-corrected chi connectivity index (χ3v) is 6.33. The number of ether oxygens (including phenoxy) is 2. The highest BCUT2D eigenvalue weighted by atomic mass is 16.5. The molecule has 0 radical (unpaired) electrons. The van der Waals surface area contributed by atoms with Crippen LogP contribution in [-0.4, -0.2) is 134 Å². The Hall–Kier alpha value is -2.18. The average Bonchev–Trinajstić information content (AvgIpc) is 2.95. The van der Waals surface area contributed by atoms with E-state index >= 15 is 0 Å². The minimum Gasteiger partial charge on any atom is -0.465 e. The number of terminal acetylenes is 2. The molecule has 0 heterocycles. The van der Waals surface area contributed by atoms with Crippen molar-refractivity contribution in [2.24, 2.45) is 0 Å². The van der Waals surface area contributed by atoms with Crippen molar-refractivity contribution in [1.29, 1.82) is 0 Å². The SMILES string of the molecule is C#CCCOC(=O)CCN(CCCN(CCCO)CCCCN(CCCO)CCCO)CCC(=O)OCCC#C. The summed E-state index contributed by atoms with van der Waals surface area (Å²) in [4.78, 5) is 30.8. The van der Waals surface area contributed by atoms with Crippen molar-refractivity contribution >= 4 is 11.9 Å². The summed E-state index contributed by atoms with van der Waals surface area (Å²) in [5.74, 6) is 4.26. The molecule has 10 nitrogen and oxygen atoms in total. The fraction of sp³-hybridized carbons (Fsp3) is 0.800. The lowest BCUT2D eigenvalue weighted by Crippen LogP contribution is -2.34. The van der Waals surface area contributed by atoms with Gasteiger partial charge in [0.25, 0.3) is 0 Å². The van der Waals surface area contributed by atoms with E-state index in [-0.39, 0.29) is 57.8 Å². The minimum atomic E-state index is -0.312. The molecule has 0 unspecified atom stereocenters. The second kappa shape index (κ2) is 28.4. The summed E-state index contributed by atoms with van der Waals surface area (Å²) in [6, 6.07) is 0. The van der Waals surface area contributed by atoms with Crippen molar-refractivity contribution in [2.45, 2.75) is 64.2 Å². The molecule has 0 aromatic rings. The zero-order chi connectivity index (χ0) is 29.7. The number of rotatable bonds is 28. The Labute approximate surface area is 242 Å². The third-order valence-electron chi connectivity index (χ3n) is 6.33. The highest BCUT2D eigenvalue weighted by Gasteiger charge is 2.14. The van der Waals surface area contributed by atoms with Gasteiger partial charge in [0.05, 0.1) is 12.8 Å². The number of aliphatic hydroxyl groups excluding tert-OH is 3. The van der Waals surface area contributed by atoms with E-state index in [1.54, 1.807) is 0 Å². The standard InChI is InChI=1S/C30H53N3O7/c1-3-5-27-39-29(37)13-22-33(23-14-30(38)40-28-6-4-2)18-9-17-31(19-10-24-34)15-7-8-16-32(20-11-25-35)21-12-26-36/h1-2,34-36H,5-28H2. The van der Waals surface area contributed by atoms with E-state index < -0.39 is 0 Å². The molecule has 0 spiro atoms. The zero-order valence-corrected chi connectivity index (χ0v) is 24.4. The number of hydrogen-bond acceptors (Lipinski definition) is 10. The quantitative estimate of drug-likeness (QED) is 0.0720. The summed E-state index contributed by atoms with van der Waals surface area (Å²) in [5, 5.41) is 27.6. The highest BCUT2D eigenvalue weighted by molar-refractivity contribution is 5.70. The van der Waals surface area contributed by atoms with Crippen LogP contribution in [0.4, 0.5) is 0 Å². The number of esters is 2. The van der Waals surface area contributed by atoms with Gasteiger partial charge in [-0.15, -0.1) is 24.7 Å². The van der Waals surface area contributed by atoms with Gasteiger partial charge in [0.15, 0.2) is 0 Å². The molecular formula is C30H53N3O7. The second-order valence-electron chi connectivity index (χ2n) is 9.67. The van der Waals surface area contributed by atoms with Crippen LogP contribution in [0.25, 0.3) is 0 Å². The summed E-state index contributed by atoms with van der Waals surface area (Å²) < 4.78 is 10.3. The molecule has 3 N–H and O–H groups in total. The van der Waals surface area contributed by atoms with Crippen LogP contribution in [0, 0.1) is 24.7 Å². The largest absolute Gasteiger partial charge is 0.465 e. The number of unbranched alkanes of at least 4 members (excludes halogenated alkanes) is 1. The van der Waals surface area contributed by atoms with Crippen molar-refractivity contribution in [3.8, 4) is 24.7 Å². The zero-order valence-electron chi connectivity index (χ0n) is 24.4. The Kier molecular flexibility index (Phi) is 26.8. The van der Waals surface area contributed by atoms with Gasteiger partial charge in [-0.2, -0.15) is 0 Å². The summed E-state index contributed by atoms with van der Waals surface area (Å²) in [6.07, 6.45) is 16.6. The van der Waals surface area contributed by atoms with Crippen molar-refractivity contribution < 1.29 is 34.4 Å². The first-order chi connectivity index (χ1) is 19.5. The second-order valence-corrected chi connectivity index (χ2v) is 9.67. The predicted octanol–water partition coefficient (Wildman–Crippen LogP) is 1.12. The van der Waals surface area contributed by atoms with Crippen molar-refractivity contribution in [1.82, 2.24) is 14.7 Å². The number of nitrogens with zero attached hydrogens (tertiary/aromatic N) is 3. The normalized spacial score (nSPS) is 11.1. The van der Waals surface area contributed by atoms with Gasteiger partial charge in [-0.25, -0.2) is 0 Å². The van der Waals surface area contributed by atoms with Crippen LogP contribution in [0.5, 0.6) is 0 Å². The van der Waals surface area contributed by atoms with E-state index in [0.717, 1.165) is 71.4 Å². The number of carbonyl (C=O) groups excluding carboxylic acids is 2. The number of hydrogen-bond donors (Lipinski definition) is 3. The van der Waals surface area contributed by atoms with Crippen molar-refractivity contribution in [3.05, 3.63) is 0 Å². The smallest absolute Gasteiger partial charge is 0.307 e. The lowest BCUT2D eigenvalue weighted by Gasteiger charge is -2.26. The van der Waals surface area contributed by atoms with Crippen LogP contribution in [0.15, 0.2) is 0 Å². The van der Waals surface area contributed by atoms with Crippen LogP contribution in [0.1, 0.15) is 64.2 Å². The van der Waals surface area contributed by atoms with Crippen molar-refractivity contribution in [3.63, 3.8) is 0 Å². The molecule has 0 amide bonds. The van der Waals surface area contributed by atoms with Crippen LogP contribution in [0.3, 0.4) is 0 Å². The van der Waals surface area contributed by atoms with E-state index in [4.69, 9.17) is 32.5 Å². The topological polar surface area (TPSA) is 123 Å². The Morgan fingerprint density at radius 2 is 0.850 bits per heavy atom. The Balaban J connectivity index is 4.74. The van der Waals surface area contributed by atoms with Gasteiger partial charge in [-0.05, 0) is 64.7 Å². The molecule has 0 atom stereocenters. The fourth-order valence-corrected chi connectivity index (χ4v) is 4.17. The lowest BCUT2D eigenvalue weighted by atomic mass is 10.2. The van der Waals surface area contributed by atoms with E-state index in [2.05, 4.69) is 26.5 Å². The summed E-state index contributed by atoms with van der Waals surface area (Å²) in [6.45, 7) is 7.69. The van der Waals surface area contributed by atoms with E-state index in [0.29, 0.717) is 38.9 Å². The number of aliphatic hydroxyl groups is 3. The molecular weight excluding hydrogens is 514 g/mol. The molecule has 0 fully saturated rings. The fourth-order valence-electron chi connectivity index (χ4n) is 4.17. The van der Waals surface area contributed by atoms with Gasteiger partial charge in [-0.1, -0.05) is 0 Å². The molecule has 0 rings (SSSR count). The number of carbonyl (C=O) groups is 2. The van der Waals surface area contributed by atoms with Gasteiger partial charge < -0.3 is 39.5 Å². The van der Waals surface area contributed by atoms with Crippen molar-refractivity contribution in [2.75, 3.05) is 91.9 Å². The van der Waals surface area contributed by atoms with Gasteiger partial charge in [0.2, 0.25) is 0 Å². The first-order valence-corrected chi connectivity index (χ1v) is 14.7. The van der Waals surface area contributed by atoms with Gasteiger partial charge >= 0.3 is 11.9 Å². The molecule has 0 aromatic heterocycles. The molecule has 0 aliphatic carbocycles. The highest BCUT2D eigenvalue weighted by Crippen LogP contribution is 2.05. The first kappa shape index (κ1) is 37.8. The van der Waals surface area contributed by atoms with Crippen LogP contribution in [0.2, 0.25) is 0 Å². The van der Waals surface area contributed by atoms with E-state index in [9.17, 15) is 14.7 Å². The van der Waals surface area contributed by atoms with E-state index in [1.807, 2.05) is 0 Å². The maximum Gasteiger partial charge on any atom is 0.307 e. The Bertz CT molecular complexity index is 664. The summed E-state index contributed by atoms with van der Waals surface area (Å²) in [7, 11) is 0. The average molecular weight is 568 g/mol.